The van der Waals surface area contributed by atoms with Crippen LogP contribution in [0.25, 0.3) is 5.65 Å². The van der Waals surface area contributed by atoms with E-state index >= 15 is 0 Å². The summed E-state index contributed by atoms with van der Waals surface area (Å²) in [5.74, 6) is 0.0350. The molecule has 1 aromatic carbocycles. The number of aryl methyl sites for hydroxylation is 3. The minimum Gasteiger partial charge on any atom is -0.307 e. The van der Waals surface area contributed by atoms with Crippen molar-refractivity contribution in [3.8, 4) is 0 Å². The molecule has 0 atom stereocenters. The monoisotopic (exact) mass is 305 g/mol. The van der Waals surface area contributed by atoms with Gasteiger partial charge in [0.1, 0.15) is 11.3 Å². The molecule has 3 heterocycles. The van der Waals surface area contributed by atoms with Gasteiger partial charge in [0.15, 0.2) is 0 Å². The van der Waals surface area contributed by atoms with E-state index in [4.69, 9.17) is 0 Å². The lowest BCUT2D eigenvalue weighted by molar-refractivity contribution is 0.0979. The molecule has 0 saturated carbocycles. The molecule has 4 nitrogen and oxygen atoms in total. The lowest BCUT2D eigenvalue weighted by Gasteiger charge is -2.29. The van der Waals surface area contributed by atoms with Crippen molar-refractivity contribution in [1.29, 1.82) is 0 Å². The van der Waals surface area contributed by atoms with Crippen molar-refractivity contribution in [3.63, 3.8) is 0 Å². The highest BCUT2D eigenvalue weighted by atomic mass is 16.2. The van der Waals surface area contributed by atoms with Gasteiger partial charge in [0, 0.05) is 18.4 Å². The average Bonchev–Trinajstić information content (AvgIpc) is 2.91. The quantitative estimate of drug-likeness (QED) is 0.689. The SMILES string of the molecule is Cc1nc2c(C)cccn2c1C(=O)N1CCCc2ccccc21. The highest BCUT2D eigenvalue weighted by Crippen LogP contribution is 2.29. The third-order valence-corrected chi connectivity index (χ3v) is 4.58. The molecule has 3 aromatic rings. The van der Waals surface area contributed by atoms with Crippen LogP contribution >= 0.6 is 0 Å². The number of hydrogen-bond acceptors (Lipinski definition) is 2. The van der Waals surface area contributed by atoms with E-state index in [1.807, 2.05) is 59.7 Å². The fourth-order valence-corrected chi connectivity index (χ4v) is 3.45. The highest BCUT2D eigenvalue weighted by molar-refractivity contribution is 6.07. The van der Waals surface area contributed by atoms with Gasteiger partial charge in [-0.25, -0.2) is 4.98 Å². The van der Waals surface area contributed by atoms with E-state index in [1.54, 1.807) is 0 Å². The number of hydrogen-bond donors (Lipinski definition) is 0. The first-order valence-electron chi connectivity index (χ1n) is 8.01. The largest absolute Gasteiger partial charge is 0.307 e. The Hall–Kier alpha value is -2.62. The number of amides is 1. The van der Waals surface area contributed by atoms with Crippen molar-refractivity contribution in [2.24, 2.45) is 0 Å². The van der Waals surface area contributed by atoms with Crippen molar-refractivity contribution >= 4 is 17.2 Å². The van der Waals surface area contributed by atoms with Crippen LogP contribution in [-0.4, -0.2) is 21.8 Å². The molecule has 0 radical (unpaired) electrons. The van der Waals surface area contributed by atoms with E-state index in [9.17, 15) is 4.79 Å². The van der Waals surface area contributed by atoms with Crippen LogP contribution in [0.5, 0.6) is 0 Å². The molecule has 0 aliphatic carbocycles. The van der Waals surface area contributed by atoms with Gasteiger partial charge in [0.05, 0.1) is 5.69 Å². The number of carbonyl (C=O) groups excluding carboxylic acids is 1. The van der Waals surface area contributed by atoms with E-state index in [2.05, 4.69) is 11.1 Å². The molecule has 2 aromatic heterocycles. The first kappa shape index (κ1) is 14.0. The summed E-state index contributed by atoms with van der Waals surface area (Å²) in [4.78, 5) is 19.7. The first-order valence-corrected chi connectivity index (χ1v) is 8.01. The average molecular weight is 305 g/mol. The number of anilines is 1. The van der Waals surface area contributed by atoms with Crippen LogP contribution in [0.3, 0.4) is 0 Å². The minimum atomic E-state index is 0.0350. The van der Waals surface area contributed by atoms with Crippen LogP contribution in [0, 0.1) is 13.8 Å². The molecule has 1 amide bonds. The summed E-state index contributed by atoms with van der Waals surface area (Å²) >= 11 is 0. The molecule has 0 bridgehead atoms. The van der Waals surface area contributed by atoms with Gasteiger partial charge in [-0.05, 0) is 49.9 Å². The molecule has 0 fully saturated rings. The van der Waals surface area contributed by atoms with Gasteiger partial charge in [-0.3, -0.25) is 9.20 Å². The second kappa shape index (κ2) is 5.23. The molecule has 116 valence electrons. The van der Waals surface area contributed by atoms with Gasteiger partial charge in [0.2, 0.25) is 0 Å². The van der Waals surface area contributed by atoms with Gasteiger partial charge in [-0.2, -0.15) is 0 Å². The zero-order chi connectivity index (χ0) is 16.0. The van der Waals surface area contributed by atoms with E-state index in [-0.39, 0.29) is 5.91 Å². The molecule has 1 aliphatic rings. The van der Waals surface area contributed by atoms with Crippen molar-refractivity contribution in [3.05, 3.63) is 65.1 Å². The highest BCUT2D eigenvalue weighted by Gasteiger charge is 2.27. The molecule has 0 N–H and O–H groups in total. The Bertz CT molecular complexity index is 910. The summed E-state index contributed by atoms with van der Waals surface area (Å²) < 4.78 is 1.92. The number of imidazole rings is 1. The van der Waals surface area contributed by atoms with Crippen LogP contribution in [0.15, 0.2) is 42.6 Å². The van der Waals surface area contributed by atoms with Gasteiger partial charge < -0.3 is 4.90 Å². The normalized spacial score (nSPS) is 14.1. The van der Waals surface area contributed by atoms with E-state index in [0.29, 0.717) is 5.69 Å². The number of rotatable bonds is 1. The lowest BCUT2D eigenvalue weighted by Crippen LogP contribution is -2.36. The molecule has 23 heavy (non-hydrogen) atoms. The zero-order valence-electron chi connectivity index (χ0n) is 13.4. The molecule has 4 heteroatoms. The Morgan fingerprint density at radius 1 is 1.13 bits per heavy atom. The van der Waals surface area contributed by atoms with Crippen molar-refractivity contribution in [2.75, 3.05) is 11.4 Å². The number of carbonyl (C=O) groups is 1. The lowest BCUT2D eigenvalue weighted by atomic mass is 10.0. The van der Waals surface area contributed by atoms with E-state index < -0.39 is 0 Å². The fourth-order valence-electron chi connectivity index (χ4n) is 3.45. The summed E-state index contributed by atoms with van der Waals surface area (Å²) in [7, 11) is 0. The molecule has 4 rings (SSSR count). The van der Waals surface area contributed by atoms with Crippen molar-refractivity contribution in [1.82, 2.24) is 9.38 Å². The Balaban J connectivity index is 1.85. The molecular weight excluding hydrogens is 286 g/mol. The topological polar surface area (TPSA) is 37.6 Å². The van der Waals surface area contributed by atoms with Crippen LogP contribution < -0.4 is 4.90 Å². The fraction of sp³-hybridized carbons (Fsp3) is 0.263. The third kappa shape index (κ3) is 2.13. The first-order chi connectivity index (χ1) is 11.2. The van der Waals surface area contributed by atoms with Crippen LogP contribution in [0.4, 0.5) is 5.69 Å². The predicted octanol–water partition coefficient (Wildman–Crippen LogP) is 3.54. The van der Waals surface area contributed by atoms with Crippen LogP contribution in [-0.2, 0) is 6.42 Å². The molecule has 0 saturated heterocycles. The summed E-state index contributed by atoms with van der Waals surface area (Å²) in [5.41, 5.74) is 5.67. The van der Waals surface area contributed by atoms with Gasteiger partial charge in [-0.1, -0.05) is 24.3 Å². The zero-order valence-corrected chi connectivity index (χ0v) is 13.4. The van der Waals surface area contributed by atoms with Crippen molar-refractivity contribution < 1.29 is 4.79 Å². The number of benzene rings is 1. The minimum absolute atomic E-state index is 0.0350. The number of fused-ring (bicyclic) bond motifs is 2. The molecular formula is C19H19N3O. The summed E-state index contributed by atoms with van der Waals surface area (Å²) in [6, 6.07) is 12.2. The van der Waals surface area contributed by atoms with Crippen LogP contribution in [0.1, 0.15) is 33.7 Å². The number of pyridine rings is 1. The standard InChI is InChI=1S/C19H19N3O/c1-13-7-5-12-22-17(14(2)20-18(13)22)19(23)21-11-6-9-15-8-3-4-10-16(15)21/h3-5,7-8,10,12H,6,9,11H2,1-2H3. The van der Waals surface area contributed by atoms with E-state index in [0.717, 1.165) is 42.0 Å². The smallest absolute Gasteiger partial charge is 0.277 e. The summed E-state index contributed by atoms with van der Waals surface area (Å²) in [5, 5.41) is 0. The molecule has 1 aliphatic heterocycles. The second-order valence-corrected chi connectivity index (χ2v) is 6.12. The summed E-state index contributed by atoms with van der Waals surface area (Å²) in [6.07, 6.45) is 3.95. The maximum atomic E-state index is 13.2. The Morgan fingerprint density at radius 2 is 1.96 bits per heavy atom. The number of nitrogens with zero attached hydrogens (tertiary/aromatic N) is 3. The summed E-state index contributed by atoms with van der Waals surface area (Å²) in [6.45, 7) is 4.69. The molecule has 0 unspecified atom stereocenters. The maximum absolute atomic E-state index is 13.2. The Morgan fingerprint density at radius 3 is 2.83 bits per heavy atom. The predicted molar refractivity (Wildman–Crippen MR) is 91.1 cm³/mol. The second-order valence-electron chi connectivity index (χ2n) is 6.12. The number of para-hydroxylation sites is 1. The third-order valence-electron chi connectivity index (χ3n) is 4.58. The molecule has 0 spiro atoms. The van der Waals surface area contributed by atoms with Gasteiger partial charge in [0.25, 0.3) is 5.91 Å². The Kier molecular flexibility index (Phi) is 3.18. The maximum Gasteiger partial charge on any atom is 0.277 e. The van der Waals surface area contributed by atoms with E-state index in [1.165, 1.54) is 5.56 Å². The van der Waals surface area contributed by atoms with Gasteiger partial charge in [-0.15, -0.1) is 0 Å². The van der Waals surface area contributed by atoms with Gasteiger partial charge >= 0.3 is 0 Å². The Labute approximate surface area is 135 Å². The van der Waals surface area contributed by atoms with Crippen LogP contribution in [0.2, 0.25) is 0 Å². The number of aromatic nitrogens is 2. The van der Waals surface area contributed by atoms with Crippen molar-refractivity contribution in [2.45, 2.75) is 26.7 Å².